The highest BCUT2D eigenvalue weighted by molar-refractivity contribution is 8.04. The number of thioether (sulfide) groups is 1. The highest BCUT2D eigenvalue weighted by Crippen LogP contribution is 2.41. The Morgan fingerprint density at radius 1 is 1.69 bits per heavy atom. The van der Waals surface area contributed by atoms with Crippen LogP contribution in [0.15, 0.2) is 22.6 Å². The molecule has 13 heavy (non-hydrogen) atoms. The molecule has 70 valence electrons. The van der Waals surface area contributed by atoms with Crippen LogP contribution in [-0.4, -0.2) is 11.4 Å². The Labute approximate surface area is 81.4 Å². The number of nitrogens with one attached hydrogen (secondary N) is 1. The van der Waals surface area contributed by atoms with Gasteiger partial charge in [-0.25, -0.2) is 4.79 Å². The van der Waals surface area contributed by atoms with Gasteiger partial charge in [0.25, 0.3) is 0 Å². The summed E-state index contributed by atoms with van der Waals surface area (Å²) in [6.07, 6.45) is 7.54. The van der Waals surface area contributed by atoms with E-state index in [1.165, 1.54) is 10.5 Å². The van der Waals surface area contributed by atoms with Crippen molar-refractivity contribution < 1.29 is 4.79 Å². The lowest BCUT2D eigenvalue weighted by atomic mass is 10.0. The minimum absolute atomic E-state index is 0.158. The maximum absolute atomic E-state index is 10.6. The molecule has 2 aliphatic rings. The molecule has 0 saturated carbocycles. The Bertz CT molecular complexity index is 296. The van der Waals surface area contributed by atoms with E-state index in [1.54, 1.807) is 11.8 Å². The molecule has 2 amide bonds. The molecule has 4 heteroatoms. The van der Waals surface area contributed by atoms with Crippen molar-refractivity contribution in [2.24, 2.45) is 5.73 Å². The van der Waals surface area contributed by atoms with Gasteiger partial charge in [-0.2, -0.15) is 0 Å². The van der Waals surface area contributed by atoms with Gasteiger partial charge in [0.2, 0.25) is 0 Å². The number of primary amides is 1. The molecule has 1 unspecified atom stereocenters. The Hall–Kier alpha value is -0.900. The fourth-order valence-electron chi connectivity index (χ4n) is 1.67. The van der Waals surface area contributed by atoms with Crippen LogP contribution >= 0.6 is 11.8 Å². The molecule has 3 nitrogen and oxygen atoms in total. The first-order valence-corrected chi connectivity index (χ1v) is 5.25. The van der Waals surface area contributed by atoms with E-state index in [0.29, 0.717) is 0 Å². The van der Waals surface area contributed by atoms with Crippen LogP contribution < -0.4 is 11.1 Å². The van der Waals surface area contributed by atoms with Gasteiger partial charge in [-0.05, 0) is 19.3 Å². The Morgan fingerprint density at radius 2 is 2.54 bits per heavy atom. The van der Waals surface area contributed by atoms with Gasteiger partial charge in [0, 0.05) is 4.91 Å². The summed E-state index contributed by atoms with van der Waals surface area (Å²) in [6.45, 7) is 0. The molecule has 1 aliphatic carbocycles. The van der Waals surface area contributed by atoms with Crippen molar-refractivity contribution in [3.63, 3.8) is 0 Å². The summed E-state index contributed by atoms with van der Waals surface area (Å²) >= 11 is 1.70. The van der Waals surface area contributed by atoms with Gasteiger partial charge < -0.3 is 11.1 Å². The van der Waals surface area contributed by atoms with E-state index in [-0.39, 0.29) is 5.37 Å². The predicted molar refractivity (Wildman–Crippen MR) is 54.1 cm³/mol. The van der Waals surface area contributed by atoms with Crippen LogP contribution in [0.5, 0.6) is 0 Å². The van der Waals surface area contributed by atoms with Crippen LogP contribution in [0, 0.1) is 0 Å². The van der Waals surface area contributed by atoms with Crippen LogP contribution in [0.1, 0.15) is 19.3 Å². The SMILES string of the molecule is NC(=O)NC1CC2=C(C=CCC2)S1. The minimum atomic E-state index is -0.429. The third-order valence-corrected chi connectivity index (χ3v) is 3.48. The molecule has 1 atom stereocenters. The van der Waals surface area contributed by atoms with Crippen LogP contribution in [-0.2, 0) is 0 Å². The third kappa shape index (κ3) is 1.88. The molecule has 0 aromatic heterocycles. The molecular formula is C9H12N2OS. The second-order valence-corrected chi connectivity index (χ2v) is 4.47. The van der Waals surface area contributed by atoms with Crippen LogP contribution in [0.2, 0.25) is 0 Å². The Balaban J connectivity index is 1.98. The van der Waals surface area contributed by atoms with E-state index in [2.05, 4.69) is 17.5 Å². The fraction of sp³-hybridized carbons (Fsp3) is 0.444. The molecule has 0 saturated heterocycles. The number of carbonyl (C=O) groups excluding carboxylic acids is 1. The summed E-state index contributed by atoms with van der Waals surface area (Å²) < 4.78 is 0. The van der Waals surface area contributed by atoms with E-state index in [1.807, 2.05) is 0 Å². The molecule has 0 radical (unpaired) electrons. The zero-order valence-electron chi connectivity index (χ0n) is 7.25. The van der Waals surface area contributed by atoms with Crippen molar-refractivity contribution in [3.05, 3.63) is 22.6 Å². The smallest absolute Gasteiger partial charge is 0.313 e. The average Bonchev–Trinajstić information content (AvgIpc) is 2.44. The van der Waals surface area contributed by atoms with Crippen LogP contribution in [0.3, 0.4) is 0 Å². The second-order valence-electron chi connectivity index (χ2n) is 3.23. The lowest BCUT2D eigenvalue weighted by Gasteiger charge is -2.08. The summed E-state index contributed by atoms with van der Waals surface area (Å²) in [5.74, 6) is 0. The second kappa shape index (κ2) is 3.46. The molecule has 1 heterocycles. The number of carbonyl (C=O) groups is 1. The number of hydrogen-bond donors (Lipinski definition) is 2. The number of rotatable bonds is 1. The molecule has 3 N–H and O–H groups in total. The Kier molecular flexibility index (Phi) is 2.31. The van der Waals surface area contributed by atoms with Crippen molar-refractivity contribution in [2.75, 3.05) is 0 Å². The predicted octanol–water partition coefficient (Wildman–Crippen LogP) is 1.72. The van der Waals surface area contributed by atoms with Gasteiger partial charge in [-0.3, -0.25) is 0 Å². The van der Waals surface area contributed by atoms with Gasteiger partial charge in [0.05, 0.1) is 5.37 Å². The molecule has 0 fully saturated rings. The quantitative estimate of drug-likeness (QED) is 0.671. The maximum Gasteiger partial charge on any atom is 0.313 e. The molecule has 0 aromatic carbocycles. The first kappa shape index (κ1) is 8.69. The van der Waals surface area contributed by atoms with Crippen molar-refractivity contribution in [1.82, 2.24) is 5.32 Å². The molecular weight excluding hydrogens is 184 g/mol. The van der Waals surface area contributed by atoms with Gasteiger partial charge >= 0.3 is 6.03 Å². The molecule has 1 aliphatic heterocycles. The lowest BCUT2D eigenvalue weighted by Crippen LogP contribution is -2.35. The molecule has 0 aromatic rings. The highest BCUT2D eigenvalue weighted by Gasteiger charge is 2.24. The summed E-state index contributed by atoms with van der Waals surface area (Å²) in [4.78, 5) is 11.9. The summed E-state index contributed by atoms with van der Waals surface area (Å²) in [5, 5.41) is 2.88. The van der Waals surface area contributed by atoms with Gasteiger partial charge in [-0.15, -0.1) is 11.8 Å². The largest absolute Gasteiger partial charge is 0.352 e. The van der Waals surface area contributed by atoms with Crippen LogP contribution in [0.25, 0.3) is 0 Å². The van der Waals surface area contributed by atoms with Crippen LogP contribution in [0.4, 0.5) is 4.79 Å². The zero-order valence-corrected chi connectivity index (χ0v) is 8.06. The Morgan fingerprint density at radius 3 is 3.23 bits per heavy atom. The van der Waals surface area contributed by atoms with Gasteiger partial charge in [0.15, 0.2) is 0 Å². The number of amides is 2. The maximum atomic E-state index is 10.6. The monoisotopic (exact) mass is 196 g/mol. The van der Waals surface area contributed by atoms with E-state index in [9.17, 15) is 4.79 Å². The zero-order chi connectivity index (χ0) is 9.26. The standard InChI is InChI=1S/C9H12N2OS/c10-9(12)11-8-5-6-3-1-2-4-7(6)13-8/h2,4,8H,1,3,5H2,(H3,10,11,12). The van der Waals surface area contributed by atoms with E-state index in [4.69, 9.17) is 5.73 Å². The van der Waals surface area contributed by atoms with Crippen molar-refractivity contribution in [3.8, 4) is 0 Å². The van der Waals surface area contributed by atoms with E-state index >= 15 is 0 Å². The van der Waals surface area contributed by atoms with Crippen molar-refractivity contribution >= 4 is 17.8 Å². The van der Waals surface area contributed by atoms with Gasteiger partial charge in [0.1, 0.15) is 0 Å². The number of hydrogen-bond acceptors (Lipinski definition) is 2. The van der Waals surface area contributed by atoms with E-state index < -0.39 is 6.03 Å². The minimum Gasteiger partial charge on any atom is -0.352 e. The number of urea groups is 1. The molecule has 2 rings (SSSR count). The molecule has 0 spiro atoms. The lowest BCUT2D eigenvalue weighted by molar-refractivity contribution is 0.248. The van der Waals surface area contributed by atoms with Crippen molar-refractivity contribution in [1.29, 1.82) is 0 Å². The normalized spacial score (nSPS) is 26.0. The highest BCUT2D eigenvalue weighted by atomic mass is 32.2. The fourth-order valence-corrected chi connectivity index (χ4v) is 2.97. The topological polar surface area (TPSA) is 55.1 Å². The third-order valence-electron chi connectivity index (χ3n) is 2.23. The number of nitrogens with two attached hydrogens (primary N) is 1. The van der Waals surface area contributed by atoms with E-state index in [0.717, 1.165) is 19.3 Å². The average molecular weight is 196 g/mol. The number of allylic oxidation sites excluding steroid dienone is 2. The summed E-state index contributed by atoms with van der Waals surface area (Å²) in [7, 11) is 0. The van der Waals surface area contributed by atoms with Crippen molar-refractivity contribution in [2.45, 2.75) is 24.6 Å². The van der Waals surface area contributed by atoms with Gasteiger partial charge in [-0.1, -0.05) is 17.7 Å². The molecule has 0 bridgehead atoms. The summed E-state index contributed by atoms with van der Waals surface area (Å²) in [6, 6.07) is -0.429. The summed E-state index contributed by atoms with van der Waals surface area (Å²) in [5.41, 5.74) is 6.53. The first-order valence-electron chi connectivity index (χ1n) is 4.37. The first-order chi connectivity index (χ1) is 6.25.